The number of carbonyl (C=O) groups excluding carboxylic acids is 1. The minimum atomic E-state index is 0. The highest BCUT2D eigenvalue weighted by molar-refractivity contribution is 7.99. The number of rotatable bonds is 6. The number of piperazine rings is 1. The van der Waals surface area contributed by atoms with Crippen LogP contribution in [-0.4, -0.2) is 71.4 Å². The third kappa shape index (κ3) is 5.58. The van der Waals surface area contributed by atoms with Gasteiger partial charge in [-0.1, -0.05) is 24.4 Å². The zero-order valence-electron chi connectivity index (χ0n) is 15.6. The molecule has 2 heterocycles. The van der Waals surface area contributed by atoms with Crippen LogP contribution in [0.1, 0.15) is 49.9 Å². The lowest BCUT2D eigenvalue weighted by atomic mass is 9.94. The molecule has 0 aromatic carbocycles. The number of aromatic nitrogens is 2. The second-order valence-corrected chi connectivity index (χ2v) is 8.02. The first-order chi connectivity index (χ1) is 12.1. The number of likely N-dealkylation sites (N-methyl/N-ethyl adjacent to an activating group) is 1. The second kappa shape index (κ2) is 10.5. The molecule has 1 aromatic heterocycles. The van der Waals surface area contributed by atoms with E-state index in [1.165, 1.54) is 19.3 Å². The van der Waals surface area contributed by atoms with Gasteiger partial charge in [-0.2, -0.15) is 4.98 Å². The molecule has 1 unspecified atom stereocenters. The van der Waals surface area contributed by atoms with Crippen molar-refractivity contribution in [3.05, 3.63) is 11.7 Å². The molecule has 148 valence electrons. The molecule has 9 heteroatoms. The molecule has 1 aromatic rings. The van der Waals surface area contributed by atoms with Crippen molar-refractivity contribution in [2.75, 3.05) is 39.5 Å². The fourth-order valence-corrected chi connectivity index (χ4v) is 4.33. The minimum Gasteiger partial charge on any atom is -0.342 e. The predicted molar refractivity (Wildman–Crippen MR) is 106 cm³/mol. The Morgan fingerprint density at radius 3 is 2.88 bits per heavy atom. The first-order valence-electron chi connectivity index (χ1n) is 9.22. The van der Waals surface area contributed by atoms with Gasteiger partial charge in [-0.05, 0) is 19.9 Å². The molecule has 0 bridgehead atoms. The Hall–Kier alpha value is -0.830. The van der Waals surface area contributed by atoms with E-state index in [4.69, 9.17) is 4.52 Å². The Labute approximate surface area is 166 Å². The summed E-state index contributed by atoms with van der Waals surface area (Å²) in [5, 5.41) is 7.48. The molecule has 3 rings (SSSR count). The van der Waals surface area contributed by atoms with E-state index in [2.05, 4.69) is 27.4 Å². The molecule has 1 saturated carbocycles. The van der Waals surface area contributed by atoms with Crippen molar-refractivity contribution >= 4 is 30.1 Å². The summed E-state index contributed by atoms with van der Waals surface area (Å²) in [6, 6.07) is 0.585. The Balaban J connectivity index is 0.00000243. The first kappa shape index (κ1) is 21.5. The highest BCUT2D eigenvalue weighted by Gasteiger charge is 2.25. The molecule has 0 radical (unpaired) electrons. The van der Waals surface area contributed by atoms with Gasteiger partial charge in [0.15, 0.2) is 5.82 Å². The van der Waals surface area contributed by atoms with E-state index < -0.39 is 0 Å². The van der Waals surface area contributed by atoms with E-state index in [1.807, 2.05) is 11.9 Å². The van der Waals surface area contributed by atoms with Crippen LogP contribution in [-0.2, 0) is 10.5 Å². The van der Waals surface area contributed by atoms with Crippen molar-refractivity contribution in [3.63, 3.8) is 0 Å². The lowest BCUT2D eigenvalue weighted by Crippen LogP contribution is -2.44. The number of hydrogen-bond acceptors (Lipinski definition) is 7. The third-order valence-corrected chi connectivity index (χ3v) is 6.16. The zero-order valence-corrected chi connectivity index (χ0v) is 17.3. The molecule has 1 aliphatic carbocycles. The van der Waals surface area contributed by atoms with E-state index in [0.717, 1.165) is 38.3 Å². The van der Waals surface area contributed by atoms with Crippen LogP contribution in [0.25, 0.3) is 0 Å². The zero-order chi connectivity index (χ0) is 17.6. The third-order valence-electron chi connectivity index (χ3n) is 5.26. The quantitative estimate of drug-likeness (QED) is 0.779. The van der Waals surface area contributed by atoms with Gasteiger partial charge in [-0.25, -0.2) is 0 Å². The van der Waals surface area contributed by atoms with Crippen LogP contribution in [0.4, 0.5) is 0 Å². The molecule has 2 fully saturated rings. The van der Waals surface area contributed by atoms with Crippen LogP contribution in [0.15, 0.2) is 4.52 Å². The standard InChI is InChI=1S/C17H29N5O2S.ClH/c1-21-9-8-18-10-14(21)17-19-15(24-20-17)11-25-12-16(23)22(2)13-6-4-3-5-7-13;/h13-14,18H,3-12H2,1-2H3;1H. The second-order valence-electron chi connectivity index (χ2n) is 7.04. The maximum Gasteiger partial charge on any atom is 0.236 e. The highest BCUT2D eigenvalue weighted by atomic mass is 35.5. The molecule has 7 nitrogen and oxygen atoms in total. The highest BCUT2D eigenvalue weighted by Crippen LogP contribution is 2.23. The van der Waals surface area contributed by atoms with Gasteiger partial charge in [-0.15, -0.1) is 24.2 Å². The van der Waals surface area contributed by atoms with Gasteiger partial charge in [0.2, 0.25) is 11.8 Å². The molecule has 1 N–H and O–H groups in total. The lowest BCUT2D eigenvalue weighted by Gasteiger charge is -2.31. The fraction of sp³-hybridized carbons (Fsp3) is 0.824. The fourth-order valence-electron chi connectivity index (χ4n) is 3.56. The molecule has 1 amide bonds. The van der Waals surface area contributed by atoms with Gasteiger partial charge < -0.3 is 14.7 Å². The van der Waals surface area contributed by atoms with Crippen LogP contribution < -0.4 is 5.32 Å². The lowest BCUT2D eigenvalue weighted by molar-refractivity contribution is -0.129. The van der Waals surface area contributed by atoms with E-state index in [1.54, 1.807) is 11.8 Å². The summed E-state index contributed by atoms with van der Waals surface area (Å²) in [7, 11) is 4.02. The van der Waals surface area contributed by atoms with E-state index in [-0.39, 0.29) is 24.4 Å². The van der Waals surface area contributed by atoms with Crippen molar-refractivity contribution in [3.8, 4) is 0 Å². The van der Waals surface area contributed by atoms with Crippen LogP contribution in [0.2, 0.25) is 0 Å². The topological polar surface area (TPSA) is 74.5 Å². The smallest absolute Gasteiger partial charge is 0.236 e. The summed E-state index contributed by atoms with van der Waals surface area (Å²) < 4.78 is 5.36. The van der Waals surface area contributed by atoms with Gasteiger partial charge >= 0.3 is 0 Å². The normalized spacial score (nSPS) is 22.0. The maximum absolute atomic E-state index is 12.4. The number of nitrogens with zero attached hydrogens (tertiary/aromatic N) is 4. The van der Waals surface area contributed by atoms with Crippen molar-refractivity contribution in [2.45, 2.75) is 49.9 Å². The molecule has 0 spiro atoms. The van der Waals surface area contributed by atoms with Crippen molar-refractivity contribution in [2.24, 2.45) is 0 Å². The number of thioether (sulfide) groups is 1. The van der Waals surface area contributed by atoms with Crippen molar-refractivity contribution in [1.29, 1.82) is 0 Å². The van der Waals surface area contributed by atoms with Crippen LogP contribution >= 0.6 is 24.2 Å². The Morgan fingerprint density at radius 1 is 1.38 bits per heavy atom. The summed E-state index contributed by atoms with van der Waals surface area (Å²) in [6.07, 6.45) is 6.07. The van der Waals surface area contributed by atoms with Gasteiger partial charge in [0.05, 0.1) is 17.5 Å². The number of amides is 1. The van der Waals surface area contributed by atoms with Crippen molar-refractivity contribution in [1.82, 2.24) is 25.3 Å². The Kier molecular flexibility index (Phi) is 8.66. The summed E-state index contributed by atoms with van der Waals surface area (Å²) in [4.78, 5) is 21.0. The van der Waals surface area contributed by atoms with Gasteiger partial charge in [0.25, 0.3) is 0 Å². The molecule has 1 aliphatic heterocycles. The number of carbonyl (C=O) groups is 1. The summed E-state index contributed by atoms with van der Waals surface area (Å²) in [6.45, 7) is 2.81. The SMILES string of the molecule is CN1CCNCC1c1noc(CSCC(=O)N(C)C2CCCCC2)n1.Cl. The summed E-state index contributed by atoms with van der Waals surface area (Å²) in [5.41, 5.74) is 0. The summed E-state index contributed by atoms with van der Waals surface area (Å²) >= 11 is 1.55. The average Bonchev–Trinajstić information content (AvgIpc) is 3.10. The van der Waals surface area contributed by atoms with E-state index >= 15 is 0 Å². The number of hydrogen-bond donors (Lipinski definition) is 1. The van der Waals surface area contributed by atoms with Crippen LogP contribution in [0.3, 0.4) is 0 Å². The Morgan fingerprint density at radius 2 is 2.15 bits per heavy atom. The Bertz CT molecular complexity index is 567. The number of nitrogens with one attached hydrogen (secondary N) is 1. The van der Waals surface area contributed by atoms with E-state index in [9.17, 15) is 4.79 Å². The first-order valence-corrected chi connectivity index (χ1v) is 10.4. The predicted octanol–water partition coefficient (Wildman–Crippen LogP) is 2.09. The molecule has 1 saturated heterocycles. The number of halogens is 1. The monoisotopic (exact) mass is 403 g/mol. The molecule has 1 atom stereocenters. The van der Waals surface area contributed by atoms with Crippen molar-refractivity contribution < 1.29 is 9.32 Å². The van der Waals surface area contributed by atoms with Crippen LogP contribution in [0, 0.1) is 0 Å². The molecule has 2 aliphatic rings. The van der Waals surface area contributed by atoms with Gasteiger partial charge in [-0.3, -0.25) is 9.69 Å². The molecular weight excluding hydrogens is 374 g/mol. The maximum atomic E-state index is 12.4. The van der Waals surface area contributed by atoms with Gasteiger partial charge in [0, 0.05) is 32.7 Å². The molecule has 26 heavy (non-hydrogen) atoms. The molecular formula is C17H30ClN5O2S. The largest absolute Gasteiger partial charge is 0.342 e. The van der Waals surface area contributed by atoms with E-state index in [0.29, 0.717) is 23.4 Å². The minimum absolute atomic E-state index is 0. The summed E-state index contributed by atoms with van der Waals surface area (Å²) in [5.74, 6) is 2.59. The van der Waals surface area contributed by atoms with Gasteiger partial charge in [0.1, 0.15) is 0 Å². The average molecular weight is 404 g/mol. The van der Waals surface area contributed by atoms with Crippen LogP contribution in [0.5, 0.6) is 0 Å².